The molecule has 0 unspecified atom stereocenters. The van der Waals surface area contributed by atoms with Crippen LogP contribution in [0.4, 0.5) is 0 Å². The van der Waals surface area contributed by atoms with Gasteiger partial charge in [0.25, 0.3) is 0 Å². The molecular weight excluding hydrogens is 368 g/mol. The third-order valence-corrected chi connectivity index (χ3v) is 7.63. The molecule has 0 bridgehead atoms. The molecule has 3 aromatic carbocycles. The van der Waals surface area contributed by atoms with Crippen LogP contribution in [0.3, 0.4) is 0 Å². The summed E-state index contributed by atoms with van der Waals surface area (Å²) in [5, 5.41) is 4.87. The fourth-order valence-corrected chi connectivity index (χ4v) is 5.25. The first-order valence-corrected chi connectivity index (χ1v) is 9.82. The Labute approximate surface area is 166 Å². The van der Waals surface area contributed by atoms with Gasteiger partial charge in [-0.3, -0.25) is 0 Å². The predicted molar refractivity (Wildman–Crippen MR) is 119 cm³/mol. The Morgan fingerprint density at radius 2 is 1.12 bits per heavy atom. The molecule has 0 aliphatic rings. The van der Waals surface area contributed by atoms with Gasteiger partial charge in [0.15, 0.2) is 0 Å². The molecule has 0 saturated heterocycles. The van der Waals surface area contributed by atoms with Gasteiger partial charge in [-0.25, -0.2) is 0 Å². The van der Waals surface area contributed by atoms with E-state index in [1.54, 1.807) is 0 Å². The maximum Gasteiger partial charge on any atom is 0.0256 e. The zero-order chi connectivity index (χ0) is 17.9. The highest BCUT2D eigenvalue weighted by molar-refractivity contribution is 7.84. The van der Waals surface area contributed by atoms with Crippen LogP contribution < -0.4 is 0 Å². The zero-order valence-electron chi connectivity index (χ0n) is 14.6. The Hall–Kier alpha value is -0.420. The smallest absolute Gasteiger partial charge is 0.0256 e. The molecule has 0 heterocycles. The van der Waals surface area contributed by atoms with Gasteiger partial charge in [-0.1, -0.05) is 6.92 Å². The lowest BCUT2D eigenvalue weighted by Crippen LogP contribution is -1.98. The van der Waals surface area contributed by atoms with E-state index in [-0.39, 0.29) is 0 Å². The van der Waals surface area contributed by atoms with Crippen LogP contribution in [0, 0.1) is 27.7 Å². The molecule has 3 rings (SSSR count). The number of fused-ring (bicyclic) bond motifs is 2. The second kappa shape index (κ2) is 6.39. The third kappa shape index (κ3) is 2.41. The first kappa shape index (κ1) is 18.4. The number of benzene rings is 3. The average Bonchev–Trinajstić information content (AvgIpc) is 2.55. The van der Waals surface area contributed by atoms with Crippen molar-refractivity contribution in [3.63, 3.8) is 0 Å². The minimum atomic E-state index is 0.937. The predicted octanol–water partition coefficient (Wildman–Crippen LogP) is 6.94. The summed E-state index contributed by atoms with van der Waals surface area (Å²) in [5.41, 5.74) is 6.36. The number of hydrogen-bond acceptors (Lipinski definition) is 4. The van der Waals surface area contributed by atoms with Crippen molar-refractivity contribution >= 4 is 72.1 Å². The minimum Gasteiger partial charge on any atom is -0.142 e. The van der Waals surface area contributed by atoms with Crippen molar-refractivity contribution in [1.82, 2.24) is 0 Å². The maximum absolute atomic E-state index is 4.79. The molecule has 0 saturated carbocycles. The molecule has 0 aliphatic heterocycles. The number of rotatable bonds is 1. The van der Waals surface area contributed by atoms with Gasteiger partial charge in [0.2, 0.25) is 0 Å². The lowest BCUT2D eigenvalue weighted by atomic mass is 9.88. The van der Waals surface area contributed by atoms with Gasteiger partial charge >= 0.3 is 0 Å². The summed E-state index contributed by atoms with van der Waals surface area (Å²) >= 11 is 19.0. The third-order valence-electron chi connectivity index (χ3n) is 5.30. The fourth-order valence-electron chi connectivity index (χ4n) is 3.86. The molecule has 0 amide bonds. The van der Waals surface area contributed by atoms with Crippen LogP contribution in [0.25, 0.3) is 21.5 Å². The van der Waals surface area contributed by atoms with E-state index in [9.17, 15) is 0 Å². The summed E-state index contributed by atoms with van der Waals surface area (Å²) < 4.78 is 0. The molecule has 3 aromatic rings. The monoisotopic (exact) mass is 390 g/mol. The molecule has 0 N–H and O–H groups in total. The first-order valence-electron chi connectivity index (χ1n) is 8.03. The van der Waals surface area contributed by atoms with Crippen LogP contribution in [0.2, 0.25) is 0 Å². The van der Waals surface area contributed by atoms with E-state index < -0.39 is 0 Å². The molecule has 24 heavy (non-hydrogen) atoms. The summed E-state index contributed by atoms with van der Waals surface area (Å²) in [7, 11) is 0. The Kier molecular flexibility index (Phi) is 4.89. The Bertz CT molecular complexity index is 1020. The van der Waals surface area contributed by atoms with Crippen molar-refractivity contribution in [2.75, 3.05) is 0 Å². The van der Waals surface area contributed by atoms with E-state index in [0.29, 0.717) is 0 Å². The summed E-state index contributed by atoms with van der Waals surface area (Å²) in [4.78, 5) is 3.83. The largest absolute Gasteiger partial charge is 0.142 e. The van der Waals surface area contributed by atoms with Crippen LogP contribution in [-0.4, -0.2) is 0 Å². The molecule has 0 aliphatic carbocycles. The van der Waals surface area contributed by atoms with Crippen molar-refractivity contribution in [1.29, 1.82) is 0 Å². The highest BCUT2D eigenvalue weighted by Crippen LogP contribution is 2.43. The molecular formula is C20H22S4. The van der Waals surface area contributed by atoms with E-state index >= 15 is 0 Å². The van der Waals surface area contributed by atoms with Gasteiger partial charge in [0, 0.05) is 19.6 Å². The summed E-state index contributed by atoms with van der Waals surface area (Å²) in [5.74, 6) is 0. The fraction of sp³-hybridized carbons (Fsp3) is 0.300. The molecule has 0 fully saturated rings. The molecule has 0 atom stereocenters. The average molecular weight is 391 g/mol. The Morgan fingerprint density at radius 3 is 1.67 bits per heavy atom. The highest BCUT2D eigenvalue weighted by Gasteiger charge is 2.19. The molecule has 0 nitrogen and oxygen atoms in total. The van der Waals surface area contributed by atoms with Gasteiger partial charge in [0.05, 0.1) is 0 Å². The normalized spacial score (nSPS) is 11.7. The SMILES string of the molecule is CCc1c(S)c(S)c2cc3c(S)c(S)c(C)c(C)c3c(C)c2c1C. The number of aryl methyl sites for hydroxylation is 3. The maximum atomic E-state index is 4.79. The molecule has 0 aromatic heterocycles. The lowest BCUT2D eigenvalue weighted by molar-refractivity contribution is 1.03. The second-order valence-corrected chi connectivity index (χ2v) is 8.24. The van der Waals surface area contributed by atoms with Gasteiger partial charge in [-0.05, 0) is 89.5 Å². The minimum absolute atomic E-state index is 0.937. The van der Waals surface area contributed by atoms with E-state index in [0.717, 1.165) is 36.8 Å². The van der Waals surface area contributed by atoms with Crippen LogP contribution in [0.5, 0.6) is 0 Å². The van der Waals surface area contributed by atoms with E-state index in [4.69, 9.17) is 37.9 Å². The Morgan fingerprint density at radius 1 is 0.625 bits per heavy atom. The van der Waals surface area contributed by atoms with Crippen molar-refractivity contribution in [2.24, 2.45) is 0 Å². The van der Waals surface area contributed by atoms with Gasteiger partial charge in [-0.2, -0.15) is 0 Å². The number of hydrogen-bond donors (Lipinski definition) is 4. The van der Waals surface area contributed by atoms with Gasteiger partial charge in [0.1, 0.15) is 0 Å². The summed E-state index contributed by atoms with van der Waals surface area (Å²) in [6.45, 7) is 10.9. The van der Waals surface area contributed by atoms with Crippen molar-refractivity contribution < 1.29 is 0 Å². The first-order chi connectivity index (χ1) is 11.2. The molecule has 0 spiro atoms. The molecule has 0 radical (unpaired) electrons. The van der Waals surface area contributed by atoms with Gasteiger partial charge < -0.3 is 0 Å². The van der Waals surface area contributed by atoms with Crippen LogP contribution in [0.15, 0.2) is 25.6 Å². The Balaban J connectivity index is 2.70. The summed E-state index contributed by atoms with van der Waals surface area (Å²) in [6, 6.07) is 2.21. The van der Waals surface area contributed by atoms with E-state index in [2.05, 4.69) is 53.3 Å². The lowest BCUT2D eigenvalue weighted by Gasteiger charge is -2.21. The standard InChI is InChI=1S/C20H22S4/c1-6-12-10(4)16-11(5)15-8(2)9(3)17(21)19(23)13(15)7-14(16)20(24)18(12)22/h7,21-24H,6H2,1-5H3. The van der Waals surface area contributed by atoms with Crippen molar-refractivity contribution in [3.05, 3.63) is 33.9 Å². The van der Waals surface area contributed by atoms with Gasteiger partial charge in [-0.15, -0.1) is 50.5 Å². The van der Waals surface area contributed by atoms with Crippen LogP contribution >= 0.6 is 50.5 Å². The zero-order valence-corrected chi connectivity index (χ0v) is 18.2. The van der Waals surface area contributed by atoms with Crippen LogP contribution in [-0.2, 0) is 6.42 Å². The molecule has 4 heteroatoms. The molecule has 126 valence electrons. The van der Waals surface area contributed by atoms with Crippen LogP contribution in [0.1, 0.15) is 34.7 Å². The second-order valence-electron chi connectivity index (χ2n) is 6.45. The highest BCUT2D eigenvalue weighted by atomic mass is 32.1. The topological polar surface area (TPSA) is 0 Å². The van der Waals surface area contributed by atoms with E-state index in [1.807, 2.05) is 0 Å². The quantitative estimate of drug-likeness (QED) is 0.251. The summed E-state index contributed by atoms with van der Waals surface area (Å²) in [6.07, 6.45) is 0.955. The van der Waals surface area contributed by atoms with Crippen molar-refractivity contribution in [2.45, 2.75) is 60.6 Å². The van der Waals surface area contributed by atoms with Crippen molar-refractivity contribution in [3.8, 4) is 0 Å². The number of thiol groups is 4. The van der Waals surface area contributed by atoms with E-state index in [1.165, 1.54) is 38.6 Å².